The lowest BCUT2D eigenvalue weighted by Gasteiger charge is -2.13. The number of aromatic hydroxyl groups is 1. The second kappa shape index (κ2) is 13.2. The van der Waals surface area contributed by atoms with Gasteiger partial charge in [-0.05, 0) is 60.0 Å². The highest BCUT2D eigenvalue weighted by Gasteiger charge is 2.22. The lowest BCUT2D eigenvalue weighted by molar-refractivity contribution is 0.101. The Balaban J connectivity index is 1.34. The topological polar surface area (TPSA) is 202 Å². The Morgan fingerprint density at radius 2 is 1.53 bits per heavy atom. The Morgan fingerprint density at radius 1 is 0.863 bits per heavy atom. The molecule has 0 atom stereocenters. The number of imidazole rings is 1. The van der Waals surface area contributed by atoms with Crippen LogP contribution in [0.5, 0.6) is 5.75 Å². The van der Waals surface area contributed by atoms with Crippen LogP contribution in [0.2, 0.25) is 0 Å². The number of carbonyl (C=O) groups excluding carboxylic acids is 2. The fourth-order valence-corrected chi connectivity index (χ4v) is 5.35. The minimum atomic E-state index is -0.763. The molecule has 2 heterocycles. The maximum absolute atomic E-state index is 13.7. The van der Waals surface area contributed by atoms with Crippen LogP contribution >= 0.6 is 0 Å². The van der Waals surface area contributed by atoms with E-state index < -0.39 is 17.6 Å². The van der Waals surface area contributed by atoms with Crippen LogP contribution in [0.4, 0.5) is 28.6 Å². The molecule has 14 nitrogen and oxygen atoms in total. The number of azo groups is 1. The highest BCUT2D eigenvalue weighted by molar-refractivity contribution is 6.14. The number of H-pyrrole nitrogens is 1. The SMILES string of the molecule is [C-]#[N+]c1cnn(-c2nc3ccccc3[nH]2)c1N=Nc1c(O)c(C(=O)Nc2ccccc2C#N)cc2cc(C(=O)Nc3ccccc3C#N)ccc12. The molecule has 0 aliphatic rings. The van der Waals surface area contributed by atoms with Crippen molar-refractivity contribution in [3.8, 4) is 23.8 Å². The largest absolute Gasteiger partial charge is 0.505 e. The van der Waals surface area contributed by atoms with Crippen LogP contribution in [0.25, 0.3) is 32.6 Å². The first-order valence-corrected chi connectivity index (χ1v) is 15.1. The van der Waals surface area contributed by atoms with Crippen molar-refractivity contribution in [2.75, 3.05) is 10.6 Å². The number of rotatable bonds is 7. The molecule has 0 bridgehead atoms. The first-order chi connectivity index (χ1) is 24.9. The Labute approximate surface area is 288 Å². The number of nitrogens with zero attached hydrogens (tertiary/aromatic N) is 8. The van der Waals surface area contributed by atoms with E-state index in [4.69, 9.17) is 6.57 Å². The molecule has 0 saturated carbocycles. The van der Waals surface area contributed by atoms with Crippen molar-refractivity contribution in [2.45, 2.75) is 0 Å². The van der Waals surface area contributed by atoms with E-state index >= 15 is 0 Å². The van der Waals surface area contributed by atoms with Crippen molar-refractivity contribution in [1.82, 2.24) is 19.7 Å². The number of phenolic OH excluding ortho intramolecular Hbond substituents is 1. The van der Waals surface area contributed by atoms with E-state index in [9.17, 15) is 25.2 Å². The van der Waals surface area contributed by atoms with Crippen LogP contribution in [0.1, 0.15) is 31.8 Å². The first-order valence-electron chi connectivity index (χ1n) is 15.1. The summed E-state index contributed by atoms with van der Waals surface area (Å²) in [6, 6.07) is 30.2. The van der Waals surface area contributed by atoms with Crippen LogP contribution in [0.3, 0.4) is 0 Å². The van der Waals surface area contributed by atoms with Crippen molar-refractivity contribution < 1.29 is 14.7 Å². The van der Waals surface area contributed by atoms with Gasteiger partial charge in [0.2, 0.25) is 5.95 Å². The van der Waals surface area contributed by atoms with Gasteiger partial charge in [-0.2, -0.15) is 20.3 Å². The number of aromatic amines is 1. The van der Waals surface area contributed by atoms with Crippen molar-refractivity contribution in [2.24, 2.45) is 10.2 Å². The van der Waals surface area contributed by atoms with Crippen molar-refractivity contribution in [3.63, 3.8) is 0 Å². The monoisotopic (exact) mass is 667 g/mol. The van der Waals surface area contributed by atoms with Crippen LogP contribution in [0, 0.1) is 29.2 Å². The standard InChI is InChI=1S/C37H21N11O3/c1-40-31-20-41-48(37-44-29-12-6-7-13-30(29)45-37)34(31)47-46-32-25-15-14-21(35(50)42-27-10-4-2-8-22(27)18-38)16-24(25)17-26(33(32)49)36(51)43-28-11-5-3-9-23(28)19-39/h2-17,20,49H,(H,42,50)(H,43,51)(H,44,45). The molecule has 2 aromatic heterocycles. The van der Waals surface area contributed by atoms with E-state index in [0.717, 1.165) is 5.52 Å². The normalized spacial score (nSPS) is 10.8. The number of carbonyl (C=O) groups is 2. The zero-order valence-electron chi connectivity index (χ0n) is 26.2. The number of hydrogen-bond acceptors (Lipinski definition) is 9. The van der Waals surface area contributed by atoms with E-state index in [0.29, 0.717) is 22.0 Å². The molecule has 0 aliphatic carbocycles. The number of phenols is 1. The maximum Gasteiger partial charge on any atom is 0.259 e. The van der Waals surface area contributed by atoms with Crippen LogP contribution < -0.4 is 10.6 Å². The van der Waals surface area contributed by atoms with E-state index in [-0.39, 0.29) is 51.1 Å². The average Bonchev–Trinajstić information content (AvgIpc) is 3.78. The number of nitriles is 2. The molecule has 0 spiro atoms. The van der Waals surface area contributed by atoms with E-state index in [1.54, 1.807) is 42.5 Å². The number of para-hydroxylation sites is 4. The molecular formula is C37H21N11O3. The van der Waals surface area contributed by atoms with Gasteiger partial charge in [-0.1, -0.05) is 42.5 Å². The number of anilines is 2. The van der Waals surface area contributed by atoms with Crippen molar-refractivity contribution in [3.05, 3.63) is 137 Å². The van der Waals surface area contributed by atoms with Gasteiger partial charge in [-0.25, -0.2) is 9.83 Å². The van der Waals surface area contributed by atoms with Crippen LogP contribution in [0.15, 0.2) is 113 Å². The van der Waals surface area contributed by atoms with Crippen molar-refractivity contribution >= 4 is 62.2 Å². The minimum absolute atomic E-state index is 0.00145. The van der Waals surface area contributed by atoms with Gasteiger partial charge >= 0.3 is 0 Å². The molecule has 4 N–H and O–H groups in total. The van der Waals surface area contributed by atoms with E-state index in [1.165, 1.54) is 41.2 Å². The molecule has 0 unspecified atom stereocenters. The summed E-state index contributed by atoms with van der Waals surface area (Å²) in [5.41, 5.74) is 2.26. The molecule has 0 aliphatic heterocycles. The molecule has 0 saturated heterocycles. The fourth-order valence-electron chi connectivity index (χ4n) is 5.35. The molecule has 242 valence electrons. The van der Waals surface area contributed by atoms with Gasteiger partial charge in [-0.3, -0.25) is 9.59 Å². The van der Waals surface area contributed by atoms with Crippen molar-refractivity contribution in [1.29, 1.82) is 10.5 Å². The summed E-state index contributed by atoms with van der Waals surface area (Å²) in [6.07, 6.45) is 1.30. The molecule has 5 aromatic carbocycles. The molecule has 0 fully saturated rings. The van der Waals surface area contributed by atoms with E-state index in [1.807, 2.05) is 36.4 Å². The van der Waals surface area contributed by atoms with Gasteiger partial charge in [0, 0.05) is 10.9 Å². The zero-order valence-corrected chi connectivity index (χ0v) is 26.2. The second-order valence-electron chi connectivity index (χ2n) is 10.9. The number of fused-ring (bicyclic) bond motifs is 2. The Morgan fingerprint density at radius 3 is 2.22 bits per heavy atom. The number of amides is 2. The molecular weight excluding hydrogens is 646 g/mol. The zero-order chi connectivity index (χ0) is 35.5. The van der Waals surface area contributed by atoms with Crippen LogP contribution in [-0.4, -0.2) is 36.7 Å². The first kappa shape index (κ1) is 31.4. The third kappa shape index (κ3) is 5.93. The molecule has 0 radical (unpaired) electrons. The predicted molar refractivity (Wildman–Crippen MR) is 187 cm³/mol. The Bertz CT molecular complexity index is 2670. The molecule has 7 rings (SSSR count). The predicted octanol–water partition coefficient (Wildman–Crippen LogP) is 7.82. The molecule has 7 aromatic rings. The number of hydrogen-bond donors (Lipinski definition) is 4. The number of nitrogens with one attached hydrogen (secondary N) is 3. The summed E-state index contributed by atoms with van der Waals surface area (Å²) < 4.78 is 1.30. The lowest BCUT2D eigenvalue weighted by atomic mass is 10.00. The van der Waals surface area contributed by atoms with Crippen LogP contribution in [-0.2, 0) is 0 Å². The minimum Gasteiger partial charge on any atom is -0.505 e. The third-order valence-corrected chi connectivity index (χ3v) is 7.85. The summed E-state index contributed by atoms with van der Waals surface area (Å²) in [6.45, 7) is 7.68. The second-order valence-corrected chi connectivity index (χ2v) is 10.9. The van der Waals surface area contributed by atoms with Gasteiger partial charge in [0.1, 0.15) is 17.8 Å². The van der Waals surface area contributed by atoms with Gasteiger partial charge < -0.3 is 20.7 Å². The van der Waals surface area contributed by atoms with Gasteiger partial charge in [0.15, 0.2) is 11.6 Å². The molecule has 14 heteroatoms. The van der Waals surface area contributed by atoms with E-state index in [2.05, 4.69) is 40.8 Å². The van der Waals surface area contributed by atoms with Gasteiger partial charge in [-0.15, -0.1) is 10.2 Å². The molecule has 51 heavy (non-hydrogen) atoms. The number of benzene rings is 5. The summed E-state index contributed by atoms with van der Waals surface area (Å²) in [5.74, 6) is -1.56. The average molecular weight is 668 g/mol. The lowest BCUT2D eigenvalue weighted by Crippen LogP contribution is -2.14. The summed E-state index contributed by atoms with van der Waals surface area (Å²) in [5, 5.41) is 49.5. The fraction of sp³-hybridized carbons (Fsp3) is 0. The Hall–Kier alpha value is -8.15. The van der Waals surface area contributed by atoms with Gasteiger partial charge in [0.25, 0.3) is 17.5 Å². The smallest absolute Gasteiger partial charge is 0.259 e. The number of aromatic nitrogens is 4. The summed E-state index contributed by atoms with van der Waals surface area (Å²) in [7, 11) is 0. The highest BCUT2D eigenvalue weighted by Crippen LogP contribution is 2.41. The third-order valence-electron chi connectivity index (χ3n) is 7.85. The maximum atomic E-state index is 13.7. The highest BCUT2D eigenvalue weighted by atomic mass is 16.3. The quantitative estimate of drug-likeness (QED) is 0.0979. The van der Waals surface area contributed by atoms with Gasteiger partial charge in [0.05, 0.1) is 51.9 Å². The summed E-state index contributed by atoms with van der Waals surface area (Å²) in [4.78, 5) is 38.2. The molecule has 2 amide bonds. The summed E-state index contributed by atoms with van der Waals surface area (Å²) >= 11 is 0. The Kier molecular flexibility index (Phi) is 8.11.